The molecule has 1 fully saturated rings. The highest BCUT2D eigenvalue weighted by atomic mass is 16.6. The van der Waals surface area contributed by atoms with Gasteiger partial charge in [0.1, 0.15) is 5.76 Å². The van der Waals surface area contributed by atoms with Crippen LogP contribution in [0.5, 0.6) is 0 Å². The Labute approximate surface area is 141 Å². The van der Waals surface area contributed by atoms with Gasteiger partial charge in [-0.3, -0.25) is 4.90 Å². The number of benzene rings is 1. The lowest BCUT2D eigenvalue weighted by molar-refractivity contribution is -0.166. The second kappa shape index (κ2) is 7.15. The Morgan fingerprint density at radius 2 is 2.08 bits per heavy atom. The second-order valence-corrected chi connectivity index (χ2v) is 6.04. The van der Waals surface area contributed by atoms with E-state index in [1.54, 1.807) is 0 Å². The fourth-order valence-electron chi connectivity index (χ4n) is 2.92. The Bertz CT molecular complexity index is 698. The number of nitrogens with zero attached hydrogens (tertiary/aromatic N) is 2. The van der Waals surface area contributed by atoms with Crippen LogP contribution in [0.25, 0.3) is 11.5 Å². The molecule has 1 saturated heterocycles. The Morgan fingerprint density at radius 3 is 2.79 bits per heavy atom. The van der Waals surface area contributed by atoms with E-state index in [1.807, 2.05) is 44.2 Å². The number of methoxy groups -OCH3 is 1. The van der Waals surface area contributed by atoms with E-state index in [0.717, 1.165) is 23.6 Å². The minimum absolute atomic E-state index is 0.0383. The molecule has 2 heterocycles. The summed E-state index contributed by atoms with van der Waals surface area (Å²) in [5.74, 6) is 1.07. The smallest absolute Gasteiger partial charge is 0.336 e. The molecule has 1 aliphatic heterocycles. The molecule has 128 valence electrons. The Hall–Kier alpha value is -2.18. The predicted octanol–water partition coefficient (Wildman–Crippen LogP) is 2.41. The summed E-state index contributed by atoms with van der Waals surface area (Å²) in [7, 11) is 1.38. The van der Waals surface area contributed by atoms with Crippen LogP contribution in [-0.2, 0) is 20.8 Å². The van der Waals surface area contributed by atoms with Gasteiger partial charge in [0.05, 0.1) is 18.9 Å². The number of rotatable bonds is 4. The van der Waals surface area contributed by atoms with Crippen LogP contribution in [0.15, 0.2) is 34.7 Å². The van der Waals surface area contributed by atoms with Gasteiger partial charge in [0.2, 0.25) is 5.89 Å². The Kier molecular flexibility index (Phi) is 4.97. The minimum Gasteiger partial charge on any atom is -0.467 e. The second-order valence-electron chi connectivity index (χ2n) is 6.04. The van der Waals surface area contributed by atoms with Crippen molar-refractivity contribution in [1.82, 2.24) is 9.88 Å². The molecule has 24 heavy (non-hydrogen) atoms. The molecule has 0 aliphatic carbocycles. The fraction of sp³-hybridized carbons (Fsp3) is 0.444. The first kappa shape index (κ1) is 16.7. The number of ether oxygens (including phenoxy) is 2. The van der Waals surface area contributed by atoms with E-state index < -0.39 is 6.10 Å². The molecule has 1 aromatic carbocycles. The highest BCUT2D eigenvalue weighted by Gasteiger charge is 2.31. The first-order valence-electron chi connectivity index (χ1n) is 8.04. The maximum Gasteiger partial charge on any atom is 0.336 e. The first-order chi connectivity index (χ1) is 11.6. The number of hydrogen-bond donors (Lipinski definition) is 0. The normalized spacial score (nSPS) is 21.6. The van der Waals surface area contributed by atoms with Crippen molar-refractivity contribution in [1.29, 1.82) is 0 Å². The topological polar surface area (TPSA) is 64.8 Å². The van der Waals surface area contributed by atoms with Crippen LogP contribution >= 0.6 is 0 Å². The zero-order valence-corrected chi connectivity index (χ0v) is 14.2. The van der Waals surface area contributed by atoms with Gasteiger partial charge in [-0.1, -0.05) is 18.2 Å². The summed E-state index contributed by atoms with van der Waals surface area (Å²) >= 11 is 0. The highest BCUT2D eigenvalue weighted by Crippen LogP contribution is 2.23. The average molecular weight is 330 g/mol. The van der Waals surface area contributed by atoms with Gasteiger partial charge in [-0.05, 0) is 26.0 Å². The van der Waals surface area contributed by atoms with Gasteiger partial charge >= 0.3 is 5.97 Å². The van der Waals surface area contributed by atoms with Crippen LogP contribution in [0, 0.1) is 6.92 Å². The first-order valence-corrected chi connectivity index (χ1v) is 8.04. The van der Waals surface area contributed by atoms with Crippen LogP contribution in [0.4, 0.5) is 0 Å². The van der Waals surface area contributed by atoms with Crippen molar-refractivity contribution in [2.45, 2.75) is 32.6 Å². The van der Waals surface area contributed by atoms with Crippen molar-refractivity contribution in [3.63, 3.8) is 0 Å². The Morgan fingerprint density at radius 1 is 1.33 bits per heavy atom. The van der Waals surface area contributed by atoms with Crippen molar-refractivity contribution >= 4 is 5.97 Å². The van der Waals surface area contributed by atoms with Gasteiger partial charge in [0, 0.05) is 25.2 Å². The molecule has 1 aliphatic rings. The lowest BCUT2D eigenvalue weighted by Crippen LogP contribution is -2.49. The Balaban J connectivity index is 1.74. The minimum atomic E-state index is -0.556. The van der Waals surface area contributed by atoms with E-state index in [2.05, 4.69) is 9.88 Å². The van der Waals surface area contributed by atoms with Crippen molar-refractivity contribution in [3.05, 3.63) is 41.8 Å². The monoisotopic (exact) mass is 330 g/mol. The summed E-state index contributed by atoms with van der Waals surface area (Å²) in [5.41, 5.74) is 1.83. The van der Waals surface area contributed by atoms with Crippen LogP contribution in [0.2, 0.25) is 0 Å². The molecular formula is C18H22N2O4. The van der Waals surface area contributed by atoms with Gasteiger partial charge in [-0.15, -0.1) is 0 Å². The van der Waals surface area contributed by atoms with Gasteiger partial charge in [0.15, 0.2) is 6.10 Å². The summed E-state index contributed by atoms with van der Waals surface area (Å²) in [6, 6.07) is 9.82. The van der Waals surface area contributed by atoms with Gasteiger partial charge in [-0.2, -0.15) is 0 Å². The zero-order valence-electron chi connectivity index (χ0n) is 14.2. The molecule has 3 rings (SSSR count). The molecule has 0 spiro atoms. The largest absolute Gasteiger partial charge is 0.467 e. The molecule has 6 heteroatoms. The number of carbonyl (C=O) groups is 1. The predicted molar refractivity (Wildman–Crippen MR) is 88.3 cm³/mol. The van der Waals surface area contributed by atoms with E-state index in [0.29, 0.717) is 19.0 Å². The maximum absolute atomic E-state index is 11.8. The van der Waals surface area contributed by atoms with Crippen LogP contribution in [0.3, 0.4) is 0 Å². The number of aromatic nitrogens is 1. The van der Waals surface area contributed by atoms with Crippen LogP contribution in [-0.4, -0.2) is 48.3 Å². The number of hydrogen-bond acceptors (Lipinski definition) is 6. The molecule has 1 unspecified atom stereocenters. The summed E-state index contributed by atoms with van der Waals surface area (Å²) in [6.07, 6.45) is -0.594. The van der Waals surface area contributed by atoms with E-state index in [9.17, 15) is 4.79 Å². The van der Waals surface area contributed by atoms with Crippen LogP contribution < -0.4 is 0 Å². The van der Waals surface area contributed by atoms with E-state index in [4.69, 9.17) is 13.9 Å². The summed E-state index contributed by atoms with van der Waals surface area (Å²) in [5, 5.41) is 0. The number of esters is 1. The van der Waals surface area contributed by atoms with E-state index >= 15 is 0 Å². The molecule has 2 atom stereocenters. The SMILES string of the molecule is COC(=O)C1CN(Cc2nc(-c3ccccc3)oc2C)C[C@@H](C)O1. The number of aryl methyl sites for hydroxylation is 1. The lowest BCUT2D eigenvalue weighted by Gasteiger charge is -2.34. The summed E-state index contributed by atoms with van der Waals surface area (Å²) in [4.78, 5) is 18.5. The molecule has 6 nitrogen and oxygen atoms in total. The third-order valence-electron chi connectivity index (χ3n) is 4.09. The van der Waals surface area contributed by atoms with Gasteiger partial charge < -0.3 is 13.9 Å². The average Bonchev–Trinajstić information content (AvgIpc) is 2.95. The lowest BCUT2D eigenvalue weighted by atomic mass is 10.2. The van der Waals surface area contributed by atoms with E-state index in [-0.39, 0.29) is 12.1 Å². The molecule has 0 bridgehead atoms. The third kappa shape index (κ3) is 3.66. The standard InChI is InChI=1S/C18H22N2O4/c1-12-9-20(11-16(23-12)18(21)22-3)10-15-13(2)24-17(19-15)14-7-5-4-6-8-14/h4-8,12,16H,9-11H2,1-3H3/t12-,16?/m1/s1. The van der Waals surface area contributed by atoms with Gasteiger partial charge in [0.25, 0.3) is 0 Å². The molecule has 0 N–H and O–H groups in total. The number of oxazole rings is 1. The van der Waals surface area contributed by atoms with Crippen molar-refractivity contribution < 1.29 is 18.7 Å². The quantitative estimate of drug-likeness (QED) is 0.802. The summed E-state index contributed by atoms with van der Waals surface area (Å²) in [6.45, 7) is 5.71. The molecule has 0 radical (unpaired) electrons. The molecule has 0 amide bonds. The number of carbonyl (C=O) groups excluding carboxylic acids is 1. The highest BCUT2D eigenvalue weighted by molar-refractivity contribution is 5.75. The van der Waals surface area contributed by atoms with Crippen molar-refractivity contribution in [2.24, 2.45) is 0 Å². The fourth-order valence-corrected chi connectivity index (χ4v) is 2.92. The molecule has 0 saturated carbocycles. The van der Waals surface area contributed by atoms with Crippen LogP contribution in [0.1, 0.15) is 18.4 Å². The van der Waals surface area contributed by atoms with E-state index in [1.165, 1.54) is 7.11 Å². The maximum atomic E-state index is 11.8. The van der Waals surface area contributed by atoms with Crippen molar-refractivity contribution in [3.8, 4) is 11.5 Å². The summed E-state index contributed by atoms with van der Waals surface area (Å²) < 4.78 is 16.3. The molecular weight excluding hydrogens is 308 g/mol. The van der Waals surface area contributed by atoms with Crippen molar-refractivity contribution in [2.75, 3.05) is 20.2 Å². The molecule has 2 aromatic rings. The number of morpholine rings is 1. The third-order valence-corrected chi connectivity index (χ3v) is 4.09. The zero-order chi connectivity index (χ0) is 17.1. The molecule has 1 aromatic heterocycles. The van der Waals surface area contributed by atoms with Gasteiger partial charge in [-0.25, -0.2) is 9.78 Å².